The summed E-state index contributed by atoms with van der Waals surface area (Å²) < 4.78 is 19.6. The standard InChI is InChI=1S/C16H27NO7.C10H17NO5/c1-15(2,3)23-13(20)10-22-12(19)8-7-11(18)9-17-14(21)24-16(4,5)6;1-10(2,3)16-9(15)11-6-7(12)4-5-8(13)14/h7-10H2,1-6H3,(H,17,21);4-6H2,1-3H3,(H,11,15)(H,13,14). The summed E-state index contributed by atoms with van der Waals surface area (Å²) in [5.41, 5.74) is -1.93. The van der Waals surface area contributed by atoms with Gasteiger partial charge in [-0.15, -0.1) is 0 Å². The fourth-order valence-electron chi connectivity index (χ4n) is 2.22. The molecule has 0 aromatic carbocycles. The number of carbonyl (C=O) groups is 7. The van der Waals surface area contributed by atoms with E-state index in [0.29, 0.717) is 0 Å². The molecule has 40 heavy (non-hydrogen) atoms. The summed E-state index contributed by atoms with van der Waals surface area (Å²) in [6, 6.07) is 0. The summed E-state index contributed by atoms with van der Waals surface area (Å²) in [4.78, 5) is 78.1. The van der Waals surface area contributed by atoms with E-state index < -0.39 is 53.5 Å². The van der Waals surface area contributed by atoms with Crippen LogP contribution in [0.4, 0.5) is 9.59 Å². The molecule has 0 saturated heterocycles. The van der Waals surface area contributed by atoms with Crippen LogP contribution in [0.15, 0.2) is 0 Å². The highest BCUT2D eigenvalue weighted by molar-refractivity contribution is 5.87. The zero-order chi connectivity index (χ0) is 31.7. The van der Waals surface area contributed by atoms with Crippen LogP contribution in [0.3, 0.4) is 0 Å². The van der Waals surface area contributed by atoms with Crippen LogP contribution in [0, 0.1) is 0 Å². The number of ketones is 2. The number of carboxylic acids is 1. The zero-order valence-electron chi connectivity index (χ0n) is 24.9. The van der Waals surface area contributed by atoms with Crippen LogP contribution in [-0.4, -0.2) is 83.3 Å². The minimum absolute atomic E-state index is 0.0921. The van der Waals surface area contributed by atoms with E-state index in [1.165, 1.54) is 0 Å². The number of ether oxygens (including phenoxy) is 4. The SMILES string of the molecule is CC(C)(C)OC(=O)COC(=O)CCC(=O)CNC(=O)OC(C)(C)C.CC(C)(C)OC(=O)NCC(=O)CCC(=O)O. The van der Waals surface area contributed by atoms with Crippen molar-refractivity contribution in [2.24, 2.45) is 0 Å². The zero-order valence-corrected chi connectivity index (χ0v) is 24.9. The van der Waals surface area contributed by atoms with E-state index in [-0.39, 0.29) is 50.3 Å². The third-order valence-corrected chi connectivity index (χ3v) is 3.65. The molecule has 0 aromatic rings. The van der Waals surface area contributed by atoms with Crippen molar-refractivity contribution in [3.05, 3.63) is 0 Å². The maximum Gasteiger partial charge on any atom is 0.408 e. The first-order valence-electron chi connectivity index (χ1n) is 12.6. The summed E-state index contributed by atoms with van der Waals surface area (Å²) in [5, 5.41) is 12.9. The second-order valence-corrected chi connectivity index (χ2v) is 11.4. The molecular weight excluding hydrogens is 532 g/mol. The summed E-state index contributed by atoms with van der Waals surface area (Å²) >= 11 is 0. The Balaban J connectivity index is 0. The van der Waals surface area contributed by atoms with Gasteiger partial charge in [-0.1, -0.05) is 0 Å². The lowest BCUT2D eigenvalue weighted by atomic mass is 10.2. The van der Waals surface area contributed by atoms with E-state index in [9.17, 15) is 33.6 Å². The molecule has 0 atom stereocenters. The Hall–Kier alpha value is -3.71. The van der Waals surface area contributed by atoms with Crippen molar-refractivity contribution in [1.29, 1.82) is 0 Å². The number of aliphatic carboxylic acids is 1. The molecule has 2 amide bonds. The van der Waals surface area contributed by atoms with E-state index >= 15 is 0 Å². The Labute approximate surface area is 234 Å². The van der Waals surface area contributed by atoms with Crippen LogP contribution < -0.4 is 10.6 Å². The van der Waals surface area contributed by atoms with Crippen molar-refractivity contribution in [3.8, 4) is 0 Å². The average Bonchev–Trinajstić information content (AvgIpc) is 2.74. The van der Waals surface area contributed by atoms with Crippen LogP contribution in [0.5, 0.6) is 0 Å². The predicted molar refractivity (Wildman–Crippen MR) is 141 cm³/mol. The van der Waals surface area contributed by atoms with Gasteiger partial charge in [-0.25, -0.2) is 14.4 Å². The lowest BCUT2D eigenvalue weighted by Gasteiger charge is -2.19. The Kier molecular flexibility index (Phi) is 17.1. The Morgan fingerprint density at radius 3 is 1.27 bits per heavy atom. The number of hydrogen-bond donors (Lipinski definition) is 3. The number of Topliss-reactive ketones (excluding diaryl/α,β-unsaturated/α-hetero) is 2. The first-order chi connectivity index (χ1) is 18.0. The maximum atomic E-state index is 11.6. The third-order valence-electron chi connectivity index (χ3n) is 3.65. The van der Waals surface area contributed by atoms with E-state index in [4.69, 9.17) is 24.1 Å². The molecule has 14 heteroatoms. The van der Waals surface area contributed by atoms with E-state index in [0.717, 1.165) is 0 Å². The monoisotopic (exact) mass is 576 g/mol. The first-order valence-corrected chi connectivity index (χ1v) is 12.6. The lowest BCUT2D eigenvalue weighted by Crippen LogP contribution is -2.35. The molecule has 230 valence electrons. The highest BCUT2D eigenvalue weighted by atomic mass is 16.6. The van der Waals surface area contributed by atoms with Gasteiger partial charge in [0.15, 0.2) is 18.2 Å². The van der Waals surface area contributed by atoms with Crippen LogP contribution in [0.25, 0.3) is 0 Å². The van der Waals surface area contributed by atoms with Gasteiger partial charge in [0.25, 0.3) is 0 Å². The molecule has 0 heterocycles. The molecule has 0 aliphatic carbocycles. The minimum Gasteiger partial charge on any atom is -0.481 e. The quantitative estimate of drug-likeness (QED) is 0.227. The number of rotatable bonds is 12. The number of hydrogen-bond acceptors (Lipinski definition) is 11. The van der Waals surface area contributed by atoms with Crippen molar-refractivity contribution in [3.63, 3.8) is 0 Å². The number of carboxylic acid groups (broad SMARTS) is 1. The van der Waals surface area contributed by atoms with E-state index in [1.807, 2.05) is 0 Å². The average molecular weight is 577 g/mol. The van der Waals surface area contributed by atoms with Crippen LogP contribution >= 0.6 is 0 Å². The van der Waals surface area contributed by atoms with Gasteiger partial charge in [-0.2, -0.15) is 0 Å². The molecule has 0 aliphatic rings. The fraction of sp³-hybridized carbons (Fsp3) is 0.731. The van der Waals surface area contributed by atoms with Gasteiger partial charge in [-0.3, -0.25) is 19.2 Å². The second kappa shape index (κ2) is 17.8. The van der Waals surface area contributed by atoms with Crippen molar-refractivity contribution in [2.75, 3.05) is 19.7 Å². The molecule has 0 fully saturated rings. The molecule has 0 saturated carbocycles. The largest absolute Gasteiger partial charge is 0.481 e. The van der Waals surface area contributed by atoms with Gasteiger partial charge >= 0.3 is 30.1 Å². The van der Waals surface area contributed by atoms with Crippen molar-refractivity contribution >= 4 is 41.7 Å². The topological polar surface area (TPSA) is 201 Å². The van der Waals surface area contributed by atoms with Crippen LogP contribution in [0.1, 0.15) is 88.0 Å². The number of carbonyl (C=O) groups excluding carboxylic acids is 6. The maximum absolute atomic E-state index is 11.6. The van der Waals surface area contributed by atoms with Gasteiger partial charge in [-0.05, 0) is 62.3 Å². The first kappa shape index (κ1) is 38.4. The third kappa shape index (κ3) is 28.9. The minimum atomic E-state index is -1.04. The Morgan fingerprint density at radius 2 is 0.925 bits per heavy atom. The van der Waals surface area contributed by atoms with E-state index in [1.54, 1.807) is 62.3 Å². The molecular formula is C26H44N2O12. The van der Waals surface area contributed by atoms with E-state index in [2.05, 4.69) is 10.6 Å². The molecule has 0 rings (SSSR count). The van der Waals surface area contributed by atoms with Gasteiger partial charge in [0, 0.05) is 12.8 Å². The number of esters is 2. The highest BCUT2D eigenvalue weighted by Gasteiger charge is 2.19. The van der Waals surface area contributed by atoms with Crippen molar-refractivity contribution in [2.45, 2.75) is 105 Å². The van der Waals surface area contributed by atoms with Gasteiger partial charge < -0.3 is 34.7 Å². The molecule has 14 nitrogen and oxygen atoms in total. The molecule has 0 radical (unpaired) electrons. The highest BCUT2D eigenvalue weighted by Crippen LogP contribution is 2.08. The predicted octanol–water partition coefficient (Wildman–Crippen LogP) is 2.69. The fourth-order valence-corrected chi connectivity index (χ4v) is 2.22. The molecule has 0 aliphatic heterocycles. The molecule has 0 bridgehead atoms. The summed E-state index contributed by atoms with van der Waals surface area (Å²) in [6.45, 7) is 14.4. The number of alkyl carbamates (subject to hydrolysis) is 2. The summed E-state index contributed by atoms with van der Waals surface area (Å²) in [6.07, 6.45) is -2.00. The van der Waals surface area contributed by atoms with Gasteiger partial charge in [0.05, 0.1) is 25.9 Å². The summed E-state index contributed by atoms with van der Waals surface area (Å²) in [5.74, 6) is -3.07. The van der Waals surface area contributed by atoms with Gasteiger partial charge in [0.1, 0.15) is 16.8 Å². The van der Waals surface area contributed by atoms with Crippen LogP contribution in [0.2, 0.25) is 0 Å². The molecule has 3 N–H and O–H groups in total. The Morgan fingerprint density at radius 1 is 0.550 bits per heavy atom. The van der Waals surface area contributed by atoms with Crippen molar-refractivity contribution in [1.82, 2.24) is 10.6 Å². The summed E-state index contributed by atoms with van der Waals surface area (Å²) in [7, 11) is 0. The van der Waals surface area contributed by atoms with Crippen molar-refractivity contribution < 1.29 is 57.6 Å². The lowest BCUT2D eigenvalue weighted by molar-refractivity contribution is -0.166. The number of nitrogens with one attached hydrogen (secondary N) is 2. The second-order valence-electron chi connectivity index (χ2n) is 11.4. The number of amides is 2. The van der Waals surface area contributed by atoms with Gasteiger partial charge in [0.2, 0.25) is 0 Å². The normalized spacial score (nSPS) is 11.1. The Bertz CT molecular complexity index is 849. The molecule has 0 aromatic heterocycles. The molecule has 0 spiro atoms. The smallest absolute Gasteiger partial charge is 0.408 e. The van der Waals surface area contributed by atoms with Crippen LogP contribution in [-0.2, 0) is 42.9 Å². The molecule has 0 unspecified atom stereocenters.